The molecule has 2 aromatic heterocycles. The molecule has 23 nitrogen and oxygen atoms in total. The number of carbonyl (C=O) groups excluding carboxylic acids is 10. The number of carbonyl (C=O) groups is 10. The first-order valence-corrected chi connectivity index (χ1v) is 24.1. The Hall–Kier alpha value is -7.95. The van der Waals surface area contributed by atoms with Gasteiger partial charge in [-0.3, -0.25) is 47.9 Å². The van der Waals surface area contributed by atoms with Crippen molar-refractivity contribution in [3.63, 3.8) is 0 Å². The largest absolute Gasteiger partial charge is 0.370 e. The lowest BCUT2D eigenvalue weighted by atomic mass is 9.97. The zero-order valence-electron chi connectivity index (χ0n) is 41.8. The van der Waals surface area contributed by atoms with E-state index in [4.69, 9.17) is 17.2 Å². The van der Waals surface area contributed by atoms with Crippen molar-refractivity contribution in [1.29, 1.82) is 0 Å². The van der Waals surface area contributed by atoms with Gasteiger partial charge in [0, 0.05) is 55.4 Å². The van der Waals surface area contributed by atoms with Gasteiger partial charge in [0.15, 0.2) is 5.78 Å². The highest BCUT2D eigenvalue weighted by molar-refractivity contribution is 5.98. The predicted octanol–water partition coefficient (Wildman–Crippen LogP) is -0.907. The maximum absolute atomic E-state index is 14.1. The molecule has 0 bridgehead atoms. The predicted molar refractivity (Wildman–Crippen MR) is 269 cm³/mol. The molecule has 9 amide bonds. The van der Waals surface area contributed by atoms with E-state index in [-0.39, 0.29) is 57.3 Å². The molecule has 4 rings (SSSR count). The lowest BCUT2D eigenvalue weighted by Crippen LogP contribution is -2.59. The summed E-state index contributed by atoms with van der Waals surface area (Å²) < 4.78 is 0. The molecule has 4 aromatic rings. The van der Waals surface area contributed by atoms with Gasteiger partial charge in [0.25, 0.3) is 0 Å². The van der Waals surface area contributed by atoms with E-state index in [0.29, 0.717) is 11.3 Å². The molecule has 23 heteroatoms. The van der Waals surface area contributed by atoms with Crippen molar-refractivity contribution in [2.24, 2.45) is 29.0 Å². The number of hydrogen-bond acceptors (Lipinski definition) is 12. The average Bonchev–Trinajstić information content (AvgIpc) is 4.02. The number of primary amides is 2. The number of aromatic nitrogens is 3. The molecule has 0 spiro atoms. The van der Waals surface area contributed by atoms with E-state index in [0.717, 1.165) is 16.5 Å². The van der Waals surface area contributed by atoms with E-state index in [2.05, 4.69) is 52.2 Å². The van der Waals surface area contributed by atoms with Crippen molar-refractivity contribution < 1.29 is 47.9 Å². The third-order valence-corrected chi connectivity index (χ3v) is 11.8. The number of amides is 9. The molecule has 394 valence electrons. The molecule has 0 aliphatic rings. The minimum absolute atomic E-state index is 0.0235. The summed E-state index contributed by atoms with van der Waals surface area (Å²) in [6.45, 7) is 7.73. The Labute approximate surface area is 422 Å². The van der Waals surface area contributed by atoms with Crippen LogP contribution in [0.25, 0.3) is 10.9 Å². The second kappa shape index (κ2) is 28.2. The van der Waals surface area contributed by atoms with Crippen molar-refractivity contribution in [3.05, 3.63) is 90.1 Å². The Kier molecular flexibility index (Phi) is 22.2. The third kappa shape index (κ3) is 19.0. The van der Waals surface area contributed by atoms with Crippen LogP contribution < -0.4 is 54.4 Å². The summed E-state index contributed by atoms with van der Waals surface area (Å²) in [6, 6.07) is 7.74. The van der Waals surface area contributed by atoms with Gasteiger partial charge in [-0.25, -0.2) is 4.98 Å². The molecule has 0 saturated carbocycles. The number of Topliss-reactive ketones (excluding diaryl/α,β-unsaturated/α-hetero) is 1. The number of ketones is 1. The van der Waals surface area contributed by atoms with Crippen LogP contribution in [-0.4, -0.2) is 123 Å². The van der Waals surface area contributed by atoms with Gasteiger partial charge in [0.2, 0.25) is 53.2 Å². The van der Waals surface area contributed by atoms with E-state index in [1.54, 1.807) is 50.4 Å². The molecule has 7 atom stereocenters. The average molecular weight is 1010 g/mol. The first-order valence-electron chi connectivity index (χ1n) is 24.1. The second-order valence-corrected chi connectivity index (χ2v) is 18.7. The number of H-pyrrole nitrogens is 2. The number of rotatable bonds is 30. The fourth-order valence-electron chi connectivity index (χ4n) is 7.77. The number of fused-ring (bicyclic) bond motifs is 1. The maximum Gasteiger partial charge on any atom is 0.243 e. The van der Waals surface area contributed by atoms with E-state index in [9.17, 15) is 47.9 Å². The molecule has 0 aliphatic heterocycles. The minimum Gasteiger partial charge on any atom is -0.370 e. The summed E-state index contributed by atoms with van der Waals surface area (Å²) in [4.78, 5) is 142. The van der Waals surface area contributed by atoms with Gasteiger partial charge >= 0.3 is 0 Å². The van der Waals surface area contributed by atoms with Crippen LogP contribution in [0, 0.1) is 11.8 Å². The number of nitrogens with zero attached hydrogens (tertiary/aromatic N) is 1. The highest BCUT2D eigenvalue weighted by atomic mass is 16.2. The molecule has 0 saturated heterocycles. The summed E-state index contributed by atoms with van der Waals surface area (Å²) in [5.41, 5.74) is 19.4. The monoisotopic (exact) mass is 1010 g/mol. The van der Waals surface area contributed by atoms with Crippen molar-refractivity contribution >= 4 is 69.9 Å². The van der Waals surface area contributed by atoms with E-state index in [1.807, 2.05) is 38.1 Å². The Morgan fingerprint density at radius 2 is 1.22 bits per heavy atom. The Balaban J connectivity index is 1.44. The van der Waals surface area contributed by atoms with E-state index < -0.39 is 114 Å². The molecule has 0 fully saturated rings. The number of aromatic amines is 2. The molecular formula is C50H69N13O10. The number of hydrogen-bond donors (Lipinski definition) is 12. The number of nitrogens with one attached hydrogen (secondary N) is 9. The van der Waals surface area contributed by atoms with Crippen LogP contribution in [0.4, 0.5) is 0 Å². The van der Waals surface area contributed by atoms with Gasteiger partial charge in [0.05, 0.1) is 30.6 Å². The van der Waals surface area contributed by atoms with Gasteiger partial charge in [-0.15, -0.1) is 0 Å². The zero-order chi connectivity index (χ0) is 53.8. The lowest BCUT2D eigenvalue weighted by molar-refractivity contribution is -0.135. The number of para-hydroxylation sites is 1. The molecule has 73 heavy (non-hydrogen) atoms. The van der Waals surface area contributed by atoms with Crippen molar-refractivity contribution in [2.75, 3.05) is 6.54 Å². The van der Waals surface area contributed by atoms with Crippen molar-refractivity contribution in [3.8, 4) is 0 Å². The maximum atomic E-state index is 14.1. The van der Waals surface area contributed by atoms with Crippen LogP contribution in [0.1, 0.15) is 83.5 Å². The first kappa shape index (κ1) is 57.6. The van der Waals surface area contributed by atoms with Crippen LogP contribution >= 0.6 is 0 Å². The quantitative estimate of drug-likeness (QED) is 0.0302. The van der Waals surface area contributed by atoms with Crippen LogP contribution in [0.5, 0.6) is 0 Å². The van der Waals surface area contributed by atoms with Gasteiger partial charge in [0.1, 0.15) is 30.2 Å². The Bertz CT molecular complexity index is 2550. The lowest BCUT2D eigenvalue weighted by Gasteiger charge is -2.26. The van der Waals surface area contributed by atoms with Crippen LogP contribution in [-0.2, 0) is 67.2 Å². The Morgan fingerprint density at radius 1 is 0.603 bits per heavy atom. The van der Waals surface area contributed by atoms with Crippen LogP contribution in [0.2, 0.25) is 0 Å². The van der Waals surface area contributed by atoms with Gasteiger partial charge in [-0.05, 0) is 55.2 Å². The van der Waals surface area contributed by atoms with Crippen molar-refractivity contribution in [1.82, 2.24) is 52.2 Å². The zero-order valence-corrected chi connectivity index (χ0v) is 41.8. The fraction of sp³-hybridized carbons (Fsp3) is 0.460. The van der Waals surface area contributed by atoms with Gasteiger partial charge in [-0.1, -0.05) is 76.2 Å². The topological polar surface area (TPSA) is 377 Å². The molecule has 2 aromatic carbocycles. The molecule has 0 unspecified atom stereocenters. The first-order chi connectivity index (χ1) is 34.6. The molecule has 0 radical (unpaired) electrons. The number of nitrogens with two attached hydrogens (primary N) is 3. The van der Waals surface area contributed by atoms with E-state index >= 15 is 0 Å². The second-order valence-electron chi connectivity index (χ2n) is 18.7. The third-order valence-electron chi connectivity index (χ3n) is 11.8. The number of imidazole rings is 1. The van der Waals surface area contributed by atoms with Gasteiger partial charge < -0.3 is 64.4 Å². The molecule has 2 heterocycles. The Morgan fingerprint density at radius 3 is 1.86 bits per heavy atom. The summed E-state index contributed by atoms with van der Waals surface area (Å²) >= 11 is 0. The van der Waals surface area contributed by atoms with Crippen LogP contribution in [0.3, 0.4) is 0 Å². The summed E-state index contributed by atoms with van der Waals surface area (Å²) in [6.07, 6.45) is 3.92. The summed E-state index contributed by atoms with van der Waals surface area (Å²) in [5.74, 6) is -7.73. The molecule has 0 aliphatic carbocycles. The van der Waals surface area contributed by atoms with E-state index in [1.165, 1.54) is 19.4 Å². The van der Waals surface area contributed by atoms with Crippen LogP contribution in [0.15, 0.2) is 73.3 Å². The number of benzene rings is 2. The standard InChI is InChI=1S/C50H69N13O10/c1-27(2)19-37(40(64)16-18-42(53)66)61-49(72)39(22-32-24-54-26-57-32)59-43(67)25-56-50(73)44(28(3)4)63-45(68)29(5)58-48(71)38(21-31-23-55-35-14-10-9-13-33(31)35)62-47(70)36(15-17-41(52)65)60-46(69)34(51)20-30-11-7-6-8-12-30/h6-14,23-24,26-29,34,36-39,44,55H,15-22,25,51H2,1-5H3,(H2,52,65)(H2,53,66)(H,54,57)(H,56,73)(H,58,71)(H,59,67)(H,60,69)(H,61,72)(H,62,70)(H,63,68)/t29-,34+,36-,37-,38-,39-,44-/m0/s1. The summed E-state index contributed by atoms with van der Waals surface area (Å²) in [7, 11) is 0. The molecule has 15 N–H and O–H groups in total. The van der Waals surface area contributed by atoms with Crippen molar-refractivity contribution in [2.45, 2.75) is 128 Å². The SMILES string of the molecule is CC(C)C[C@H](NC(=O)[C@H](Cc1c[nH]cn1)NC(=O)CNC(=O)[C@@H](NC(=O)[C@H](C)NC(=O)[C@H](Cc1c[nH]c2ccccc12)NC(=O)[C@H](CCC(N)=O)NC(=O)[C@H](N)Cc1ccccc1)C(C)C)C(=O)CCC(N)=O. The smallest absolute Gasteiger partial charge is 0.243 e. The highest BCUT2D eigenvalue weighted by Gasteiger charge is 2.33. The normalized spacial score (nSPS) is 14.1. The fourth-order valence-corrected chi connectivity index (χ4v) is 7.77. The minimum atomic E-state index is -1.35. The highest BCUT2D eigenvalue weighted by Crippen LogP contribution is 2.20. The summed E-state index contributed by atoms with van der Waals surface area (Å²) in [5, 5.41) is 19.0. The molecular weight excluding hydrogens is 943 g/mol. The van der Waals surface area contributed by atoms with Gasteiger partial charge in [-0.2, -0.15) is 0 Å².